The van der Waals surface area contributed by atoms with Crippen LogP contribution in [0.2, 0.25) is 0 Å². The van der Waals surface area contributed by atoms with Crippen LogP contribution in [0.25, 0.3) is 0 Å². The van der Waals surface area contributed by atoms with Crippen LogP contribution < -0.4 is 5.32 Å². The van der Waals surface area contributed by atoms with Crippen molar-refractivity contribution in [2.45, 2.75) is 39.2 Å². The molecule has 4 heteroatoms. The quantitative estimate of drug-likeness (QED) is 0.790. The lowest BCUT2D eigenvalue weighted by Crippen LogP contribution is -2.51. The minimum Gasteiger partial charge on any atom is -0.328 e. The van der Waals surface area contributed by atoms with Crippen molar-refractivity contribution in [3.05, 3.63) is 0 Å². The second kappa shape index (κ2) is 6.74. The molecule has 16 heavy (non-hydrogen) atoms. The van der Waals surface area contributed by atoms with Gasteiger partial charge in [0.05, 0.1) is 0 Å². The van der Waals surface area contributed by atoms with E-state index in [9.17, 15) is 4.79 Å². The third-order valence-electron chi connectivity index (χ3n) is 3.18. The molecule has 1 rings (SSSR count). The van der Waals surface area contributed by atoms with E-state index in [4.69, 9.17) is 0 Å². The van der Waals surface area contributed by atoms with Crippen molar-refractivity contribution in [1.29, 1.82) is 0 Å². The lowest BCUT2D eigenvalue weighted by atomic mass is 10.1. The predicted molar refractivity (Wildman–Crippen MR) is 66.6 cm³/mol. The first-order valence-electron chi connectivity index (χ1n) is 6.42. The van der Waals surface area contributed by atoms with E-state index >= 15 is 0 Å². The molecule has 0 aromatic rings. The minimum absolute atomic E-state index is 0.172. The zero-order chi connectivity index (χ0) is 12.0. The molecule has 0 aliphatic carbocycles. The van der Waals surface area contributed by atoms with Gasteiger partial charge in [-0.25, -0.2) is 4.79 Å². The SMILES string of the molecule is CCCNC1CCCN(C(=O)N(C)CC)C1. The maximum absolute atomic E-state index is 12.0. The lowest BCUT2D eigenvalue weighted by molar-refractivity contribution is 0.144. The summed E-state index contributed by atoms with van der Waals surface area (Å²) >= 11 is 0. The molecule has 0 bridgehead atoms. The Kier molecular flexibility index (Phi) is 5.60. The van der Waals surface area contributed by atoms with Gasteiger partial charge < -0.3 is 15.1 Å². The molecule has 1 aliphatic heterocycles. The molecule has 4 nitrogen and oxygen atoms in total. The molecule has 2 amide bonds. The standard InChI is InChI=1S/C12H25N3O/c1-4-8-13-11-7-6-9-15(10-11)12(16)14(3)5-2/h11,13H,4-10H2,1-3H3. The fourth-order valence-electron chi connectivity index (χ4n) is 2.04. The number of nitrogens with one attached hydrogen (secondary N) is 1. The van der Waals surface area contributed by atoms with E-state index in [1.54, 1.807) is 4.90 Å². The number of nitrogens with zero attached hydrogens (tertiary/aromatic N) is 2. The zero-order valence-electron chi connectivity index (χ0n) is 10.8. The maximum atomic E-state index is 12.0. The molecule has 0 spiro atoms. The van der Waals surface area contributed by atoms with Crippen LogP contribution in [-0.4, -0.2) is 55.1 Å². The summed E-state index contributed by atoms with van der Waals surface area (Å²) in [5, 5.41) is 3.50. The van der Waals surface area contributed by atoms with Crippen LogP contribution in [0.3, 0.4) is 0 Å². The Morgan fingerprint density at radius 3 is 2.88 bits per heavy atom. The summed E-state index contributed by atoms with van der Waals surface area (Å²) in [6.07, 6.45) is 3.46. The lowest BCUT2D eigenvalue weighted by Gasteiger charge is -2.35. The highest BCUT2D eigenvalue weighted by Gasteiger charge is 2.24. The number of urea groups is 1. The van der Waals surface area contributed by atoms with Crippen molar-refractivity contribution >= 4 is 6.03 Å². The number of carbonyl (C=O) groups is 1. The number of carbonyl (C=O) groups excluding carboxylic acids is 1. The highest BCUT2D eigenvalue weighted by atomic mass is 16.2. The molecule has 0 aromatic heterocycles. The van der Waals surface area contributed by atoms with Gasteiger partial charge in [0.1, 0.15) is 0 Å². The molecule has 1 saturated heterocycles. The van der Waals surface area contributed by atoms with Crippen molar-refractivity contribution in [3.8, 4) is 0 Å². The number of hydrogen-bond donors (Lipinski definition) is 1. The first-order valence-corrected chi connectivity index (χ1v) is 6.42. The van der Waals surface area contributed by atoms with Gasteiger partial charge in [-0.05, 0) is 32.7 Å². The van der Waals surface area contributed by atoms with Crippen LogP contribution in [-0.2, 0) is 0 Å². The molecule has 0 aromatic carbocycles. The summed E-state index contributed by atoms with van der Waals surface area (Å²) in [5.41, 5.74) is 0. The van der Waals surface area contributed by atoms with Gasteiger partial charge in [0.25, 0.3) is 0 Å². The highest BCUT2D eigenvalue weighted by molar-refractivity contribution is 5.74. The summed E-state index contributed by atoms with van der Waals surface area (Å²) in [6, 6.07) is 0.661. The largest absolute Gasteiger partial charge is 0.328 e. The first-order chi connectivity index (χ1) is 7.69. The molecule has 1 N–H and O–H groups in total. The Balaban J connectivity index is 2.40. The van der Waals surface area contributed by atoms with Crippen LogP contribution in [0.1, 0.15) is 33.1 Å². The Hall–Kier alpha value is -0.770. The summed E-state index contributed by atoms with van der Waals surface area (Å²) in [5.74, 6) is 0. The molecule has 0 saturated carbocycles. The fraction of sp³-hybridized carbons (Fsp3) is 0.917. The molecule has 1 unspecified atom stereocenters. The van der Waals surface area contributed by atoms with Crippen molar-refractivity contribution in [3.63, 3.8) is 0 Å². The monoisotopic (exact) mass is 227 g/mol. The average Bonchev–Trinajstić information content (AvgIpc) is 2.34. The van der Waals surface area contributed by atoms with Gasteiger partial charge in [0.15, 0.2) is 0 Å². The van der Waals surface area contributed by atoms with Crippen LogP contribution >= 0.6 is 0 Å². The molecular weight excluding hydrogens is 202 g/mol. The van der Waals surface area contributed by atoms with Crippen LogP contribution in [0.4, 0.5) is 4.79 Å². The second-order valence-electron chi connectivity index (χ2n) is 4.54. The van der Waals surface area contributed by atoms with Crippen molar-refractivity contribution < 1.29 is 4.79 Å². The molecule has 1 atom stereocenters. The van der Waals surface area contributed by atoms with E-state index in [-0.39, 0.29) is 6.03 Å². The van der Waals surface area contributed by atoms with Gasteiger partial charge in [-0.1, -0.05) is 6.92 Å². The van der Waals surface area contributed by atoms with Gasteiger partial charge in [-0.2, -0.15) is 0 Å². The zero-order valence-corrected chi connectivity index (χ0v) is 10.8. The summed E-state index contributed by atoms with van der Waals surface area (Å²) in [4.78, 5) is 15.7. The van der Waals surface area contributed by atoms with E-state index < -0.39 is 0 Å². The number of likely N-dealkylation sites (tertiary alicyclic amines) is 1. The topological polar surface area (TPSA) is 35.6 Å². The number of piperidine rings is 1. The third-order valence-corrected chi connectivity index (χ3v) is 3.18. The van der Waals surface area contributed by atoms with Crippen LogP contribution in [0.5, 0.6) is 0 Å². The molecule has 0 radical (unpaired) electrons. The Morgan fingerprint density at radius 2 is 2.25 bits per heavy atom. The smallest absolute Gasteiger partial charge is 0.319 e. The van der Waals surface area contributed by atoms with Gasteiger partial charge in [0, 0.05) is 32.7 Å². The van der Waals surface area contributed by atoms with Crippen LogP contribution in [0.15, 0.2) is 0 Å². The molecular formula is C12H25N3O. The summed E-state index contributed by atoms with van der Waals surface area (Å²) in [6.45, 7) is 7.79. The molecule has 1 heterocycles. The minimum atomic E-state index is 0.172. The van der Waals surface area contributed by atoms with Crippen LogP contribution in [0, 0.1) is 0 Å². The van der Waals surface area contributed by atoms with Crippen molar-refractivity contribution in [1.82, 2.24) is 15.1 Å². The predicted octanol–water partition coefficient (Wildman–Crippen LogP) is 1.52. The summed E-state index contributed by atoms with van der Waals surface area (Å²) in [7, 11) is 1.87. The van der Waals surface area contributed by atoms with Gasteiger partial charge in [-0.3, -0.25) is 0 Å². The number of hydrogen-bond acceptors (Lipinski definition) is 2. The van der Waals surface area contributed by atoms with E-state index in [0.29, 0.717) is 6.04 Å². The maximum Gasteiger partial charge on any atom is 0.319 e. The van der Waals surface area contributed by atoms with E-state index in [0.717, 1.165) is 39.0 Å². The third kappa shape index (κ3) is 3.67. The fourth-order valence-corrected chi connectivity index (χ4v) is 2.04. The van der Waals surface area contributed by atoms with Gasteiger partial charge in [-0.15, -0.1) is 0 Å². The number of amides is 2. The first kappa shape index (κ1) is 13.3. The van der Waals surface area contributed by atoms with E-state index in [1.807, 2.05) is 18.9 Å². The van der Waals surface area contributed by atoms with Gasteiger partial charge >= 0.3 is 6.03 Å². The molecule has 94 valence electrons. The normalized spacial score (nSPS) is 20.9. The Morgan fingerprint density at radius 1 is 1.50 bits per heavy atom. The van der Waals surface area contributed by atoms with E-state index in [2.05, 4.69) is 12.2 Å². The summed E-state index contributed by atoms with van der Waals surface area (Å²) < 4.78 is 0. The molecule has 1 fully saturated rings. The highest BCUT2D eigenvalue weighted by Crippen LogP contribution is 2.11. The number of rotatable bonds is 4. The van der Waals surface area contributed by atoms with E-state index in [1.165, 1.54) is 6.42 Å². The Bertz CT molecular complexity index is 220. The average molecular weight is 227 g/mol. The van der Waals surface area contributed by atoms with Gasteiger partial charge in [0.2, 0.25) is 0 Å². The molecule has 1 aliphatic rings. The Labute approximate surface area is 99.0 Å². The second-order valence-corrected chi connectivity index (χ2v) is 4.54. The van der Waals surface area contributed by atoms with Crippen molar-refractivity contribution in [2.24, 2.45) is 0 Å². The van der Waals surface area contributed by atoms with Crippen molar-refractivity contribution in [2.75, 3.05) is 33.2 Å².